The zero-order valence-electron chi connectivity index (χ0n) is 29.0. The molecule has 0 amide bonds. The van der Waals surface area contributed by atoms with Crippen LogP contribution in [0.5, 0.6) is 0 Å². The Morgan fingerprint density at radius 1 is 0.420 bits per heavy atom. The maximum atomic E-state index is 2.52. The average Bonchev–Trinajstić information content (AvgIpc) is 3.62. The molecule has 0 saturated heterocycles. The van der Waals surface area contributed by atoms with Crippen LogP contribution in [0.2, 0.25) is 0 Å². The number of rotatable bonds is 2. The highest BCUT2D eigenvalue weighted by atomic mass is 15.2. The topological polar surface area (TPSA) is 3.24 Å². The van der Waals surface area contributed by atoms with Crippen molar-refractivity contribution in [2.45, 2.75) is 43.9 Å². The molecule has 7 aromatic carbocycles. The van der Waals surface area contributed by atoms with E-state index in [0.717, 1.165) is 0 Å². The van der Waals surface area contributed by atoms with Gasteiger partial charge in [0.15, 0.2) is 0 Å². The van der Waals surface area contributed by atoms with E-state index in [1.165, 1.54) is 83.8 Å². The van der Waals surface area contributed by atoms with Crippen molar-refractivity contribution in [1.29, 1.82) is 0 Å². The molecule has 0 N–H and O–H groups in total. The zero-order chi connectivity index (χ0) is 33.8. The molecular weight excluding hydrogens is 603 g/mol. The minimum atomic E-state index is -0.414. The molecule has 1 spiro atoms. The van der Waals surface area contributed by atoms with Crippen LogP contribution in [0.15, 0.2) is 164 Å². The van der Waals surface area contributed by atoms with Gasteiger partial charge in [0, 0.05) is 11.1 Å². The highest BCUT2D eigenvalue weighted by Gasteiger charge is 2.52. The molecule has 0 unspecified atom stereocenters. The van der Waals surface area contributed by atoms with Crippen molar-refractivity contribution in [1.82, 2.24) is 0 Å². The van der Waals surface area contributed by atoms with Crippen LogP contribution in [0.25, 0.3) is 22.3 Å². The van der Waals surface area contributed by atoms with Crippen molar-refractivity contribution in [3.63, 3.8) is 0 Å². The second kappa shape index (κ2) is 10.2. The van der Waals surface area contributed by atoms with E-state index >= 15 is 0 Å². The first-order chi connectivity index (χ1) is 24.3. The summed E-state index contributed by atoms with van der Waals surface area (Å²) in [6.45, 7) is 9.37. The smallest absolute Gasteiger partial charge is 0.0726 e. The first kappa shape index (κ1) is 29.3. The second-order valence-electron chi connectivity index (χ2n) is 15.4. The number of anilines is 3. The summed E-state index contributed by atoms with van der Waals surface area (Å²) < 4.78 is 0. The van der Waals surface area contributed by atoms with Gasteiger partial charge in [-0.15, -0.1) is 0 Å². The SMILES string of the molecule is CC(C)(C)c1ccc2c(c1)C1(c3ccccc3-c3ccccc31)c1cc(N3c4ccccc4C(C)(c4ccccc4)c4ccccc43)ccc1-2. The lowest BCUT2D eigenvalue weighted by molar-refractivity contribution is 0.588. The summed E-state index contributed by atoms with van der Waals surface area (Å²) in [7, 11) is 0. The van der Waals surface area contributed by atoms with E-state index in [1.807, 2.05) is 0 Å². The van der Waals surface area contributed by atoms with E-state index < -0.39 is 5.41 Å². The van der Waals surface area contributed by atoms with Gasteiger partial charge in [0.1, 0.15) is 0 Å². The lowest BCUT2D eigenvalue weighted by Gasteiger charge is -2.44. The molecule has 0 bridgehead atoms. The zero-order valence-corrected chi connectivity index (χ0v) is 29.0. The van der Waals surface area contributed by atoms with Gasteiger partial charge in [-0.25, -0.2) is 0 Å². The average molecular weight is 642 g/mol. The fourth-order valence-corrected chi connectivity index (χ4v) is 9.55. The number of hydrogen-bond donors (Lipinski definition) is 0. The van der Waals surface area contributed by atoms with Gasteiger partial charge in [0.25, 0.3) is 0 Å². The van der Waals surface area contributed by atoms with Crippen LogP contribution in [0.3, 0.4) is 0 Å². The molecule has 0 atom stereocenters. The van der Waals surface area contributed by atoms with Crippen LogP contribution in [0, 0.1) is 0 Å². The van der Waals surface area contributed by atoms with Gasteiger partial charge in [-0.2, -0.15) is 0 Å². The Bertz CT molecular complexity index is 2400. The Morgan fingerprint density at radius 2 is 0.880 bits per heavy atom. The van der Waals surface area contributed by atoms with Crippen molar-refractivity contribution in [3.8, 4) is 22.3 Å². The fraction of sp³-hybridized carbons (Fsp3) is 0.143. The summed E-state index contributed by atoms with van der Waals surface area (Å²) in [5, 5.41) is 0. The maximum absolute atomic E-state index is 2.52. The third kappa shape index (κ3) is 3.67. The summed E-state index contributed by atoms with van der Waals surface area (Å²) in [5.74, 6) is 0. The molecule has 7 aromatic rings. The predicted octanol–water partition coefficient (Wildman–Crippen LogP) is 12.5. The highest BCUT2D eigenvalue weighted by Crippen LogP contribution is 2.64. The van der Waals surface area contributed by atoms with E-state index in [-0.39, 0.29) is 10.8 Å². The van der Waals surface area contributed by atoms with E-state index in [1.54, 1.807) is 0 Å². The normalized spacial score (nSPS) is 15.5. The molecule has 240 valence electrons. The quantitative estimate of drug-likeness (QED) is 0.182. The first-order valence-corrected chi connectivity index (χ1v) is 17.9. The van der Waals surface area contributed by atoms with Crippen molar-refractivity contribution in [2.75, 3.05) is 4.90 Å². The van der Waals surface area contributed by atoms with Crippen LogP contribution in [0.4, 0.5) is 17.1 Å². The molecule has 0 saturated carbocycles. The minimum Gasteiger partial charge on any atom is -0.310 e. The molecule has 10 rings (SSSR count). The van der Waals surface area contributed by atoms with Gasteiger partial charge in [-0.1, -0.05) is 160 Å². The molecule has 1 nitrogen and oxygen atoms in total. The standard InChI is InChI=1S/C49H39N/c1-47(2,3)33-26-28-37-38-29-27-34(31-44(38)49(43(37)30-33)39-20-10-8-18-35(39)36-19-9-11-21-40(36)49)50-45-24-14-12-22-41(45)48(4,32-16-6-5-7-17-32)42-23-13-15-25-46(42)50/h5-31H,1-4H3. The van der Waals surface area contributed by atoms with Crippen LogP contribution < -0.4 is 4.90 Å². The fourth-order valence-electron chi connectivity index (χ4n) is 9.55. The Kier molecular flexibility index (Phi) is 5.96. The third-order valence-electron chi connectivity index (χ3n) is 11.9. The van der Waals surface area contributed by atoms with Gasteiger partial charge < -0.3 is 4.90 Å². The van der Waals surface area contributed by atoms with Gasteiger partial charge in [-0.3, -0.25) is 0 Å². The van der Waals surface area contributed by atoms with Gasteiger partial charge in [-0.05, 0) is 103 Å². The summed E-state index contributed by atoms with van der Waals surface area (Å²) in [5.41, 5.74) is 19.1. The lowest BCUT2D eigenvalue weighted by Crippen LogP contribution is -2.34. The van der Waals surface area contributed by atoms with Gasteiger partial charge in [0.2, 0.25) is 0 Å². The van der Waals surface area contributed by atoms with E-state index in [2.05, 4.69) is 196 Å². The van der Waals surface area contributed by atoms with Crippen LogP contribution in [-0.4, -0.2) is 0 Å². The number of benzene rings is 7. The Hall–Kier alpha value is -5.66. The molecule has 1 aliphatic heterocycles. The minimum absolute atomic E-state index is 0.0282. The van der Waals surface area contributed by atoms with Crippen LogP contribution in [-0.2, 0) is 16.2 Å². The maximum Gasteiger partial charge on any atom is 0.0726 e. The third-order valence-corrected chi connectivity index (χ3v) is 11.9. The molecule has 50 heavy (non-hydrogen) atoms. The highest BCUT2D eigenvalue weighted by molar-refractivity contribution is 5.97. The summed E-state index contributed by atoms with van der Waals surface area (Å²) >= 11 is 0. The lowest BCUT2D eigenvalue weighted by atomic mass is 9.67. The summed E-state index contributed by atoms with van der Waals surface area (Å²) in [4.78, 5) is 2.51. The molecule has 2 aliphatic carbocycles. The Balaban J connectivity index is 1.27. The Labute approximate surface area is 295 Å². The van der Waals surface area contributed by atoms with Crippen LogP contribution >= 0.6 is 0 Å². The predicted molar refractivity (Wildman–Crippen MR) is 208 cm³/mol. The molecule has 0 aromatic heterocycles. The molecule has 0 radical (unpaired) electrons. The molecule has 1 heterocycles. The second-order valence-corrected chi connectivity index (χ2v) is 15.4. The van der Waals surface area contributed by atoms with Crippen molar-refractivity contribution >= 4 is 17.1 Å². The number of para-hydroxylation sites is 2. The van der Waals surface area contributed by atoms with Crippen LogP contribution in [0.1, 0.15) is 72.2 Å². The van der Waals surface area contributed by atoms with Crippen molar-refractivity contribution in [3.05, 3.63) is 208 Å². The van der Waals surface area contributed by atoms with Crippen molar-refractivity contribution < 1.29 is 0 Å². The molecule has 3 aliphatic rings. The largest absolute Gasteiger partial charge is 0.310 e. The van der Waals surface area contributed by atoms with Gasteiger partial charge in [0.05, 0.1) is 16.8 Å². The van der Waals surface area contributed by atoms with E-state index in [4.69, 9.17) is 0 Å². The first-order valence-electron chi connectivity index (χ1n) is 17.9. The number of nitrogens with zero attached hydrogens (tertiary/aromatic N) is 1. The monoisotopic (exact) mass is 641 g/mol. The molecule has 1 heteroatoms. The molecular formula is C49H39N. The van der Waals surface area contributed by atoms with Crippen molar-refractivity contribution in [2.24, 2.45) is 0 Å². The summed E-state index contributed by atoms with van der Waals surface area (Å²) in [6, 6.07) is 61.8. The van der Waals surface area contributed by atoms with Gasteiger partial charge >= 0.3 is 0 Å². The number of fused-ring (bicyclic) bond motifs is 12. The number of hydrogen-bond acceptors (Lipinski definition) is 1. The van der Waals surface area contributed by atoms with E-state index in [9.17, 15) is 0 Å². The van der Waals surface area contributed by atoms with E-state index in [0.29, 0.717) is 0 Å². The Morgan fingerprint density at radius 3 is 1.46 bits per heavy atom. The molecule has 0 fully saturated rings. The summed E-state index contributed by atoms with van der Waals surface area (Å²) in [6.07, 6.45) is 0.